The molecule has 4 nitrogen and oxygen atoms in total. The van der Waals surface area contributed by atoms with Crippen LogP contribution in [-0.4, -0.2) is 46.5 Å². The van der Waals surface area contributed by atoms with Crippen molar-refractivity contribution < 1.29 is 14.7 Å². The minimum Gasteiger partial charge on any atom is -0.396 e. The van der Waals surface area contributed by atoms with Crippen molar-refractivity contribution in [2.24, 2.45) is 0 Å². The Morgan fingerprint density at radius 2 is 2.00 bits per heavy atom. The number of carbonyl (C=O) groups is 2. The summed E-state index contributed by atoms with van der Waals surface area (Å²) in [5.41, 5.74) is 1.46. The molecule has 1 aliphatic rings. The molecule has 102 valence electrons. The number of thioether (sulfide) groups is 1. The van der Waals surface area contributed by atoms with Gasteiger partial charge in [0.05, 0.1) is 6.42 Å². The van der Waals surface area contributed by atoms with Crippen LogP contribution in [0.3, 0.4) is 0 Å². The highest BCUT2D eigenvalue weighted by Gasteiger charge is 2.29. The van der Waals surface area contributed by atoms with Crippen LogP contribution in [-0.2, 0) is 11.2 Å². The van der Waals surface area contributed by atoms with Gasteiger partial charge in [0.25, 0.3) is 5.91 Å². The highest BCUT2D eigenvalue weighted by molar-refractivity contribution is 7.99. The molecule has 0 radical (unpaired) electrons. The number of rotatable bonds is 6. The molecule has 1 aromatic carbocycles. The first-order valence-electron chi connectivity index (χ1n) is 6.35. The zero-order valence-electron chi connectivity index (χ0n) is 10.7. The number of fused-ring (bicyclic) bond motifs is 1. The van der Waals surface area contributed by atoms with Gasteiger partial charge in [-0.15, -0.1) is 0 Å². The Morgan fingerprint density at radius 3 is 2.79 bits per heavy atom. The van der Waals surface area contributed by atoms with E-state index in [1.165, 1.54) is 4.90 Å². The van der Waals surface area contributed by atoms with E-state index < -0.39 is 0 Å². The number of hydrogen-bond acceptors (Lipinski definition) is 4. The van der Waals surface area contributed by atoms with Gasteiger partial charge in [-0.1, -0.05) is 18.2 Å². The van der Waals surface area contributed by atoms with Crippen LogP contribution < -0.4 is 0 Å². The minimum atomic E-state index is -0.186. The molecule has 0 fully saturated rings. The van der Waals surface area contributed by atoms with E-state index >= 15 is 0 Å². The Labute approximate surface area is 116 Å². The van der Waals surface area contributed by atoms with Crippen molar-refractivity contribution in [2.75, 3.05) is 24.7 Å². The van der Waals surface area contributed by atoms with Crippen LogP contribution in [0, 0.1) is 0 Å². The van der Waals surface area contributed by atoms with E-state index in [1.54, 1.807) is 17.8 Å². The fourth-order valence-corrected chi connectivity index (χ4v) is 2.90. The van der Waals surface area contributed by atoms with Crippen LogP contribution in [0.15, 0.2) is 24.3 Å². The average Bonchev–Trinajstić information content (AvgIpc) is 2.42. The molecular weight excluding hydrogens is 262 g/mol. The second kappa shape index (κ2) is 6.73. The summed E-state index contributed by atoms with van der Waals surface area (Å²) in [5, 5.41) is 8.68. The van der Waals surface area contributed by atoms with Crippen LogP contribution in [0.2, 0.25) is 0 Å². The van der Waals surface area contributed by atoms with E-state index in [0.29, 0.717) is 18.5 Å². The lowest BCUT2D eigenvalue weighted by molar-refractivity contribution is -0.128. The Morgan fingerprint density at radius 1 is 1.21 bits per heavy atom. The fraction of sp³-hybridized carbons (Fsp3) is 0.429. The van der Waals surface area contributed by atoms with Gasteiger partial charge in [0.15, 0.2) is 0 Å². The molecule has 0 saturated heterocycles. The van der Waals surface area contributed by atoms with Crippen LogP contribution in [0.5, 0.6) is 0 Å². The Balaban J connectivity index is 1.95. The maximum Gasteiger partial charge on any atom is 0.260 e. The van der Waals surface area contributed by atoms with E-state index in [9.17, 15) is 9.59 Å². The summed E-state index contributed by atoms with van der Waals surface area (Å²) in [6, 6.07) is 7.27. The van der Waals surface area contributed by atoms with Crippen molar-refractivity contribution >= 4 is 23.6 Å². The van der Waals surface area contributed by atoms with Gasteiger partial charge in [0.2, 0.25) is 5.91 Å². The van der Waals surface area contributed by atoms with Crippen molar-refractivity contribution in [1.29, 1.82) is 0 Å². The summed E-state index contributed by atoms with van der Waals surface area (Å²) in [6.45, 7) is 0.629. The third-order valence-electron chi connectivity index (χ3n) is 3.04. The molecule has 19 heavy (non-hydrogen) atoms. The van der Waals surface area contributed by atoms with Crippen molar-refractivity contribution in [1.82, 2.24) is 4.90 Å². The first-order chi connectivity index (χ1) is 9.24. The van der Waals surface area contributed by atoms with Gasteiger partial charge < -0.3 is 5.11 Å². The van der Waals surface area contributed by atoms with E-state index in [1.807, 2.05) is 18.2 Å². The second-order valence-corrected chi connectivity index (χ2v) is 5.60. The number of benzene rings is 1. The van der Waals surface area contributed by atoms with Crippen molar-refractivity contribution in [3.8, 4) is 0 Å². The number of nitrogens with zero attached hydrogens (tertiary/aromatic N) is 1. The summed E-state index contributed by atoms with van der Waals surface area (Å²) in [5.74, 6) is 1.27. The van der Waals surface area contributed by atoms with Crippen LogP contribution in [0.4, 0.5) is 0 Å². The molecule has 1 N–H and O–H groups in total. The SMILES string of the molecule is O=C1Cc2ccccc2C(=O)N1CCSCCCO. The van der Waals surface area contributed by atoms with Gasteiger partial charge in [-0.05, 0) is 23.8 Å². The van der Waals surface area contributed by atoms with Crippen molar-refractivity contribution in [3.63, 3.8) is 0 Å². The highest BCUT2D eigenvalue weighted by Crippen LogP contribution is 2.19. The quantitative estimate of drug-likeness (QED) is 0.630. The molecule has 0 aliphatic carbocycles. The minimum absolute atomic E-state index is 0.119. The summed E-state index contributed by atoms with van der Waals surface area (Å²) >= 11 is 1.65. The molecule has 5 heteroatoms. The first-order valence-corrected chi connectivity index (χ1v) is 7.50. The lowest BCUT2D eigenvalue weighted by Gasteiger charge is -2.26. The molecule has 1 heterocycles. The summed E-state index contributed by atoms with van der Waals surface area (Å²) in [6.07, 6.45) is 1.05. The van der Waals surface area contributed by atoms with Gasteiger partial charge in [-0.3, -0.25) is 14.5 Å². The second-order valence-electron chi connectivity index (χ2n) is 4.37. The van der Waals surface area contributed by atoms with E-state index in [4.69, 9.17) is 5.11 Å². The first kappa shape index (κ1) is 14.1. The molecular formula is C14H17NO3S. The average molecular weight is 279 g/mol. The van der Waals surface area contributed by atoms with Crippen LogP contribution in [0.25, 0.3) is 0 Å². The molecule has 1 aliphatic heterocycles. The molecule has 0 bridgehead atoms. The lowest BCUT2D eigenvalue weighted by Crippen LogP contribution is -2.43. The maximum atomic E-state index is 12.2. The number of aliphatic hydroxyl groups is 1. The Bertz CT molecular complexity index is 476. The Kier molecular flexibility index (Phi) is 4.99. The summed E-state index contributed by atoms with van der Waals surface area (Å²) < 4.78 is 0. The van der Waals surface area contributed by atoms with Crippen LogP contribution in [0.1, 0.15) is 22.3 Å². The number of aliphatic hydroxyl groups excluding tert-OH is 1. The summed E-state index contributed by atoms with van der Waals surface area (Å²) in [4.78, 5) is 25.5. The smallest absolute Gasteiger partial charge is 0.260 e. The topological polar surface area (TPSA) is 57.6 Å². The van der Waals surface area contributed by atoms with E-state index in [-0.39, 0.29) is 18.4 Å². The monoisotopic (exact) mass is 279 g/mol. The number of amides is 2. The number of carbonyl (C=O) groups excluding carboxylic acids is 2. The third-order valence-corrected chi connectivity index (χ3v) is 4.09. The lowest BCUT2D eigenvalue weighted by atomic mass is 9.99. The molecule has 0 spiro atoms. The number of imide groups is 1. The molecule has 0 saturated carbocycles. The third kappa shape index (κ3) is 3.36. The predicted octanol–water partition coefficient (Wildman–Crippen LogP) is 1.33. The highest BCUT2D eigenvalue weighted by atomic mass is 32.2. The molecule has 0 unspecified atom stereocenters. The van der Waals surface area contributed by atoms with Crippen LogP contribution >= 0.6 is 11.8 Å². The van der Waals surface area contributed by atoms with Crippen molar-refractivity contribution in [2.45, 2.75) is 12.8 Å². The molecule has 2 rings (SSSR count). The zero-order chi connectivity index (χ0) is 13.7. The van der Waals surface area contributed by atoms with Gasteiger partial charge >= 0.3 is 0 Å². The Hall–Kier alpha value is -1.33. The fourth-order valence-electron chi connectivity index (χ4n) is 2.05. The van der Waals surface area contributed by atoms with E-state index in [2.05, 4.69) is 0 Å². The van der Waals surface area contributed by atoms with Gasteiger partial charge in [0, 0.05) is 24.5 Å². The van der Waals surface area contributed by atoms with Crippen molar-refractivity contribution in [3.05, 3.63) is 35.4 Å². The van der Waals surface area contributed by atoms with Gasteiger partial charge in [-0.25, -0.2) is 0 Å². The zero-order valence-corrected chi connectivity index (χ0v) is 11.5. The standard InChI is InChI=1S/C14H17NO3S/c16-7-3-8-19-9-6-15-13(17)10-11-4-1-2-5-12(11)14(15)18/h1-2,4-5,16H,3,6-10H2. The number of hydrogen-bond donors (Lipinski definition) is 1. The molecule has 0 atom stereocenters. The predicted molar refractivity (Wildman–Crippen MR) is 75.2 cm³/mol. The molecule has 0 aromatic heterocycles. The normalized spacial score (nSPS) is 14.7. The largest absolute Gasteiger partial charge is 0.396 e. The van der Waals surface area contributed by atoms with Gasteiger partial charge in [0.1, 0.15) is 0 Å². The molecule has 2 amide bonds. The van der Waals surface area contributed by atoms with Gasteiger partial charge in [-0.2, -0.15) is 11.8 Å². The van der Waals surface area contributed by atoms with E-state index in [0.717, 1.165) is 23.5 Å². The molecule has 1 aromatic rings. The maximum absolute atomic E-state index is 12.2. The summed E-state index contributed by atoms with van der Waals surface area (Å²) in [7, 11) is 0.